The molecule has 0 fully saturated rings. The second-order valence-corrected chi connectivity index (χ2v) is 6.40. The van der Waals surface area contributed by atoms with Crippen LogP contribution in [0.5, 0.6) is 0 Å². The van der Waals surface area contributed by atoms with E-state index in [0.717, 1.165) is 19.3 Å². The molecular formula is C17H33N3O3. The maximum atomic E-state index is 12.4. The van der Waals surface area contributed by atoms with Crippen molar-refractivity contribution in [1.82, 2.24) is 10.6 Å². The topological polar surface area (TPSA) is 101 Å². The van der Waals surface area contributed by atoms with Gasteiger partial charge in [-0.05, 0) is 12.3 Å². The van der Waals surface area contributed by atoms with Crippen LogP contribution in [0, 0.1) is 11.8 Å². The summed E-state index contributed by atoms with van der Waals surface area (Å²) in [5.41, 5.74) is 5.34. The summed E-state index contributed by atoms with van der Waals surface area (Å²) in [6.07, 6.45) is 3.45. The van der Waals surface area contributed by atoms with Gasteiger partial charge in [0.15, 0.2) is 5.78 Å². The maximum Gasteiger partial charge on any atom is 0.223 e. The zero-order valence-corrected chi connectivity index (χ0v) is 15.0. The van der Waals surface area contributed by atoms with Crippen LogP contribution in [0.3, 0.4) is 0 Å². The average molecular weight is 327 g/mol. The fraction of sp³-hybridized carbons (Fsp3) is 0.824. The number of nitrogens with one attached hydrogen (secondary N) is 2. The predicted octanol–water partition coefficient (Wildman–Crippen LogP) is 1.38. The first-order valence-electron chi connectivity index (χ1n) is 8.63. The lowest BCUT2D eigenvalue weighted by atomic mass is 9.92. The second-order valence-electron chi connectivity index (χ2n) is 6.40. The molecule has 0 aromatic heterocycles. The first kappa shape index (κ1) is 21.6. The number of amides is 2. The Balaban J connectivity index is 4.50. The van der Waals surface area contributed by atoms with E-state index in [2.05, 4.69) is 17.6 Å². The van der Waals surface area contributed by atoms with Crippen molar-refractivity contribution in [3.8, 4) is 0 Å². The first-order chi connectivity index (χ1) is 10.8. The van der Waals surface area contributed by atoms with E-state index in [1.54, 1.807) is 6.92 Å². The molecule has 6 heteroatoms. The minimum atomic E-state index is -0.533. The lowest BCUT2D eigenvalue weighted by Gasteiger charge is -2.22. The van der Waals surface area contributed by atoms with Crippen LogP contribution in [0.1, 0.15) is 59.8 Å². The van der Waals surface area contributed by atoms with Crippen molar-refractivity contribution in [2.24, 2.45) is 17.6 Å². The highest BCUT2D eigenvalue weighted by molar-refractivity contribution is 5.92. The molecular weight excluding hydrogens is 294 g/mol. The summed E-state index contributed by atoms with van der Waals surface area (Å²) in [5.74, 6) is -0.797. The van der Waals surface area contributed by atoms with Crippen LogP contribution < -0.4 is 16.4 Å². The van der Waals surface area contributed by atoms with Crippen LogP contribution in [0.4, 0.5) is 0 Å². The summed E-state index contributed by atoms with van der Waals surface area (Å²) in [5, 5.41) is 5.50. The Hall–Kier alpha value is -1.43. The number of carbonyl (C=O) groups excluding carboxylic acids is 3. The van der Waals surface area contributed by atoms with Crippen LogP contribution in [0.25, 0.3) is 0 Å². The number of nitrogens with two attached hydrogens (primary N) is 1. The molecule has 0 rings (SSSR count). The third-order valence-electron chi connectivity index (χ3n) is 3.74. The highest BCUT2D eigenvalue weighted by Gasteiger charge is 2.27. The lowest BCUT2D eigenvalue weighted by Crippen LogP contribution is -2.45. The van der Waals surface area contributed by atoms with Crippen molar-refractivity contribution < 1.29 is 14.4 Å². The highest BCUT2D eigenvalue weighted by atomic mass is 16.2. The van der Waals surface area contributed by atoms with Gasteiger partial charge < -0.3 is 16.4 Å². The van der Waals surface area contributed by atoms with Gasteiger partial charge in [0.25, 0.3) is 0 Å². The van der Waals surface area contributed by atoms with E-state index in [-0.39, 0.29) is 29.9 Å². The van der Waals surface area contributed by atoms with Crippen molar-refractivity contribution in [2.75, 3.05) is 13.1 Å². The van der Waals surface area contributed by atoms with Gasteiger partial charge in [-0.25, -0.2) is 0 Å². The number of ketones is 1. The van der Waals surface area contributed by atoms with Gasteiger partial charge in [-0.1, -0.05) is 40.5 Å². The molecule has 0 aliphatic heterocycles. The first-order valence-corrected chi connectivity index (χ1v) is 8.63. The molecule has 0 aliphatic rings. The van der Waals surface area contributed by atoms with Crippen molar-refractivity contribution in [1.29, 1.82) is 0 Å². The zero-order chi connectivity index (χ0) is 17.8. The second kappa shape index (κ2) is 12.0. The van der Waals surface area contributed by atoms with Crippen LogP contribution in [0.15, 0.2) is 0 Å². The Morgan fingerprint density at radius 1 is 1.09 bits per heavy atom. The average Bonchev–Trinajstić information content (AvgIpc) is 2.49. The Labute approximate surface area is 140 Å². The molecule has 0 aromatic carbocycles. The smallest absolute Gasteiger partial charge is 0.223 e. The summed E-state index contributed by atoms with van der Waals surface area (Å²) < 4.78 is 0. The molecule has 0 saturated carbocycles. The van der Waals surface area contributed by atoms with Crippen molar-refractivity contribution in [3.63, 3.8) is 0 Å². The van der Waals surface area contributed by atoms with E-state index in [4.69, 9.17) is 5.73 Å². The summed E-state index contributed by atoms with van der Waals surface area (Å²) in [7, 11) is 0. The quantitative estimate of drug-likeness (QED) is 0.471. The molecule has 0 saturated heterocycles. The van der Waals surface area contributed by atoms with Gasteiger partial charge in [-0.15, -0.1) is 0 Å². The van der Waals surface area contributed by atoms with Crippen LogP contribution >= 0.6 is 0 Å². The lowest BCUT2D eigenvalue weighted by molar-refractivity contribution is -0.132. The van der Waals surface area contributed by atoms with Gasteiger partial charge in [-0.3, -0.25) is 14.4 Å². The van der Waals surface area contributed by atoms with E-state index in [0.29, 0.717) is 19.5 Å². The molecule has 0 aliphatic carbocycles. The van der Waals surface area contributed by atoms with E-state index in [9.17, 15) is 14.4 Å². The molecule has 0 unspecified atom stereocenters. The minimum absolute atomic E-state index is 0.00284. The molecule has 6 nitrogen and oxygen atoms in total. The van der Waals surface area contributed by atoms with Gasteiger partial charge >= 0.3 is 0 Å². The standard InChI is InChI=1S/C17H33N3O3/c1-5-6-7-8-15(22)20-16(12(2)3)14(21)11-13(4)17(23)19-10-9-18/h12-13,16H,5-11,18H2,1-4H3,(H,19,23)(H,20,22)/t13-,16+/m1/s1. The Morgan fingerprint density at radius 2 is 1.74 bits per heavy atom. The minimum Gasteiger partial charge on any atom is -0.355 e. The van der Waals surface area contributed by atoms with Crippen molar-refractivity contribution in [3.05, 3.63) is 0 Å². The normalized spacial score (nSPS) is 13.5. The molecule has 23 heavy (non-hydrogen) atoms. The third kappa shape index (κ3) is 9.33. The number of rotatable bonds is 12. The molecule has 0 spiro atoms. The summed E-state index contributed by atoms with van der Waals surface area (Å²) in [6, 6.07) is -0.533. The summed E-state index contributed by atoms with van der Waals surface area (Å²) >= 11 is 0. The fourth-order valence-corrected chi connectivity index (χ4v) is 2.29. The third-order valence-corrected chi connectivity index (χ3v) is 3.74. The molecule has 0 radical (unpaired) electrons. The van der Waals surface area contributed by atoms with E-state index in [1.165, 1.54) is 0 Å². The number of hydrogen-bond donors (Lipinski definition) is 3. The number of unbranched alkanes of at least 4 members (excludes halogenated alkanes) is 2. The van der Waals surface area contributed by atoms with Gasteiger partial charge in [0, 0.05) is 31.8 Å². The number of hydrogen-bond acceptors (Lipinski definition) is 4. The molecule has 2 atom stereocenters. The molecule has 134 valence electrons. The SMILES string of the molecule is CCCCCC(=O)N[C@H](C(=O)C[C@@H](C)C(=O)NCCN)C(C)C. The molecule has 0 heterocycles. The van der Waals surface area contributed by atoms with Crippen molar-refractivity contribution >= 4 is 17.6 Å². The Bertz CT molecular complexity index is 383. The molecule has 4 N–H and O–H groups in total. The van der Waals surface area contributed by atoms with E-state index < -0.39 is 12.0 Å². The maximum absolute atomic E-state index is 12.4. The van der Waals surface area contributed by atoms with Crippen molar-refractivity contribution in [2.45, 2.75) is 65.8 Å². The molecule has 2 amide bonds. The highest BCUT2D eigenvalue weighted by Crippen LogP contribution is 2.12. The number of Topliss-reactive ketones (excluding diaryl/α,β-unsaturated/α-hetero) is 1. The predicted molar refractivity (Wildman–Crippen MR) is 91.8 cm³/mol. The molecule has 0 aromatic rings. The van der Waals surface area contributed by atoms with Crippen LogP contribution in [0.2, 0.25) is 0 Å². The molecule has 0 bridgehead atoms. The Morgan fingerprint density at radius 3 is 2.26 bits per heavy atom. The van der Waals surface area contributed by atoms with Crippen LogP contribution in [-0.2, 0) is 14.4 Å². The summed E-state index contributed by atoms with van der Waals surface area (Å²) in [6.45, 7) is 8.36. The van der Waals surface area contributed by atoms with Gasteiger partial charge in [-0.2, -0.15) is 0 Å². The van der Waals surface area contributed by atoms with E-state index >= 15 is 0 Å². The van der Waals surface area contributed by atoms with Crippen LogP contribution in [-0.4, -0.2) is 36.7 Å². The zero-order valence-electron chi connectivity index (χ0n) is 15.0. The van der Waals surface area contributed by atoms with Gasteiger partial charge in [0.05, 0.1) is 6.04 Å². The Kier molecular flexibility index (Phi) is 11.3. The van der Waals surface area contributed by atoms with Gasteiger partial charge in [0.2, 0.25) is 11.8 Å². The largest absolute Gasteiger partial charge is 0.355 e. The summed E-state index contributed by atoms with van der Waals surface area (Å²) in [4.78, 5) is 36.2. The van der Waals surface area contributed by atoms with Gasteiger partial charge in [0.1, 0.15) is 0 Å². The van der Waals surface area contributed by atoms with E-state index in [1.807, 2.05) is 13.8 Å². The fourth-order valence-electron chi connectivity index (χ4n) is 2.29. The monoisotopic (exact) mass is 327 g/mol. The number of carbonyl (C=O) groups is 3.